The number of allylic oxidation sites excluding steroid dienone is 8. The first kappa shape index (κ1) is 27.7. The average molecular weight is 427 g/mol. The average Bonchev–Trinajstić information content (AvgIpc) is 2.71. The van der Waals surface area contributed by atoms with E-state index in [0.717, 1.165) is 44.9 Å². The highest BCUT2D eigenvalue weighted by Gasteiger charge is 2.42. The molecule has 0 amide bonds. The highest BCUT2D eigenvalue weighted by molar-refractivity contribution is 5.82. The van der Waals surface area contributed by atoms with Gasteiger partial charge in [0.2, 0.25) is 0 Å². The van der Waals surface area contributed by atoms with Gasteiger partial charge in [0.25, 0.3) is 0 Å². The lowest BCUT2D eigenvalue weighted by Gasteiger charge is -2.44. The van der Waals surface area contributed by atoms with Crippen LogP contribution in [0, 0.1) is 17.3 Å². The van der Waals surface area contributed by atoms with Gasteiger partial charge in [-0.25, -0.2) is 0 Å². The van der Waals surface area contributed by atoms with E-state index in [0.29, 0.717) is 11.7 Å². The highest BCUT2D eigenvalue weighted by Crippen LogP contribution is 2.47. The number of Topliss-reactive ketones (excluding diaryl/α,β-unsaturated/α-hetero) is 1. The zero-order valence-corrected chi connectivity index (χ0v) is 21.9. The van der Waals surface area contributed by atoms with Gasteiger partial charge in [0.1, 0.15) is 5.78 Å². The number of carbonyl (C=O) groups is 1. The van der Waals surface area contributed by atoms with Crippen molar-refractivity contribution in [3.8, 4) is 0 Å². The summed E-state index contributed by atoms with van der Waals surface area (Å²) in [5.74, 6) is 1.32. The van der Waals surface area contributed by atoms with Crippen molar-refractivity contribution in [3.05, 3.63) is 46.6 Å². The van der Waals surface area contributed by atoms with Gasteiger partial charge in [0, 0.05) is 12.3 Å². The standard InChI is InChI=1S/C30H50O/c1-23(2)13-11-16-25(4)18-12-17-24(3)14-9-10-15-26(5)21-22-30(8)27(6)19-20-29(31)28(30)7/h13-15,18,27-28H,9-12,16-17,19-22H2,1-8H3/b24-14+,25-18+,26-15+/t27-,28+,30+/m1/s1. The molecule has 0 radical (unpaired) electrons. The largest absolute Gasteiger partial charge is 0.299 e. The second kappa shape index (κ2) is 13.9. The summed E-state index contributed by atoms with van der Waals surface area (Å²) in [4.78, 5) is 12.2. The van der Waals surface area contributed by atoms with Crippen LogP contribution in [0.3, 0.4) is 0 Å². The molecule has 0 spiro atoms. The third-order valence-corrected chi connectivity index (χ3v) is 7.75. The number of rotatable bonds is 12. The predicted octanol–water partition coefficient (Wildman–Crippen LogP) is 9.55. The molecule has 1 rings (SSSR count). The Morgan fingerprint density at radius 2 is 1.29 bits per heavy atom. The smallest absolute Gasteiger partial charge is 0.136 e. The third-order valence-electron chi connectivity index (χ3n) is 7.75. The van der Waals surface area contributed by atoms with Gasteiger partial charge in [-0.2, -0.15) is 0 Å². The van der Waals surface area contributed by atoms with Crippen LogP contribution in [0.25, 0.3) is 0 Å². The first-order chi connectivity index (χ1) is 14.6. The fourth-order valence-corrected chi connectivity index (χ4v) is 4.73. The normalized spacial score (nSPS) is 25.7. The number of ketones is 1. The van der Waals surface area contributed by atoms with Crippen LogP contribution in [-0.2, 0) is 4.79 Å². The minimum Gasteiger partial charge on any atom is -0.299 e. The van der Waals surface area contributed by atoms with Crippen molar-refractivity contribution >= 4 is 5.78 Å². The maximum atomic E-state index is 12.2. The monoisotopic (exact) mass is 426 g/mol. The second-order valence-corrected chi connectivity index (χ2v) is 10.7. The molecule has 176 valence electrons. The molecular formula is C30H50O. The van der Waals surface area contributed by atoms with Crippen LogP contribution in [0.2, 0.25) is 0 Å². The van der Waals surface area contributed by atoms with E-state index in [1.807, 2.05) is 0 Å². The Bertz CT molecular complexity index is 683. The van der Waals surface area contributed by atoms with Crippen molar-refractivity contribution in [2.24, 2.45) is 17.3 Å². The van der Waals surface area contributed by atoms with Gasteiger partial charge in [-0.05, 0) is 104 Å². The molecule has 0 aromatic heterocycles. The van der Waals surface area contributed by atoms with Crippen molar-refractivity contribution in [2.75, 3.05) is 0 Å². The minimum absolute atomic E-state index is 0.165. The van der Waals surface area contributed by atoms with E-state index in [1.54, 1.807) is 0 Å². The molecule has 1 heteroatoms. The Labute approximate surface area is 194 Å². The van der Waals surface area contributed by atoms with Crippen LogP contribution >= 0.6 is 0 Å². The van der Waals surface area contributed by atoms with Crippen LogP contribution in [0.5, 0.6) is 0 Å². The maximum Gasteiger partial charge on any atom is 0.136 e. The van der Waals surface area contributed by atoms with Crippen molar-refractivity contribution in [1.82, 2.24) is 0 Å². The molecule has 0 bridgehead atoms. The van der Waals surface area contributed by atoms with E-state index < -0.39 is 0 Å². The lowest BCUT2D eigenvalue weighted by Crippen LogP contribution is -2.41. The third kappa shape index (κ3) is 10.2. The molecule has 0 unspecified atom stereocenters. The van der Waals surface area contributed by atoms with Crippen molar-refractivity contribution in [1.29, 1.82) is 0 Å². The Kier molecular flexibility index (Phi) is 12.4. The number of unbranched alkanes of at least 4 members (excludes halogenated alkanes) is 1. The molecule has 0 aromatic rings. The quantitative estimate of drug-likeness (QED) is 0.224. The van der Waals surface area contributed by atoms with Crippen LogP contribution in [0.4, 0.5) is 0 Å². The van der Waals surface area contributed by atoms with Crippen molar-refractivity contribution in [3.63, 3.8) is 0 Å². The van der Waals surface area contributed by atoms with Crippen LogP contribution in [-0.4, -0.2) is 5.78 Å². The van der Waals surface area contributed by atoms with Gasteiger partial charge >= 0.3 is 0 Å². The summed E-state index contributed by atoms with van der Waals surface area (Å²) < 4.78 is 0. The molecule has 31 heavy (non-hydrogen) atoms. The van der Waals surface area contributed by atoms with Crippen LogP contribution in [0.1, 0.15) is 120 Å². The fourth-order valence-electron chi connectivity index (χ4n) is 4.73. The van der Waals surface area contributed by atoms with Crippen molar-refractivity contribution in [2.45, 2.75) is 120 Å². The summed E-state index contributed by atoms with van der Waals surface area (Å²) in [5, 5.41) is 0. The van der Waals surface area contributed by atoms with Gasteiger partial charge in [-0.3, -0.25) is 4.79 Å². The summed E-state index contributed by atoms with van der Waals surface area (Å²) in [6.45, 7) is 18.0. The molecule has 0 aromatic carbocycles. The zero-order valence-electron chi connectivity index (χ0n) is 21.9. The Hall–Kier alpha value is -1.37. The topological polar surface area (TPSA) is 17.1 Å². The fraction of sp³-hybridized carbons (Fsp3) is 0.700. The maximum absolute atomic E-state index is 12.2. The number of hydrogen-bond donors (Lipinski definition) is 0. The Morgan fingerprint density at radius 3 is 1.84 bits per heavy atom. The summed E-state index contributed by atoms with van der Waals surface area (Å²) in [6.07, 6.45) is 20.6. The van der Waals surface area contributed by atoms with Crippen molar-refractivity contribution < 1.29 is 4.79 Å². The number of hydrogen-bond acceptors (Lipinski definition) is 1. The zero-order chi connectivity index (χ0) is 23.4. The second-order valence-electron chi connectivity index (χ2n) is 10.7. The van der Waals surface area contributed by atoms with Gasteiger partial charge in [-0.1, -0.05) is 67.4 Å². The molecule has 3 atom stereocenters. The molecule has 1 aliphatic carbocycles. The summed E-state index contributed by atoms with van der Waals surface area (Å²) in [5.41, 5.74) is 6.09. The Morgan fingerprint density at radius 1 is 0.806 bits per heavy atom. The SMILES string of the molecule is CC(C)=CCC/C(C)=C/CC/C(C)=C/CC/C=C(\C)CC[C@@]1(C)[C@H](C)CCC(=O)[C@@H]1C. The summed E-state index contributed by atoms with van der Waals surface area (Å²) in [7, 11) is 0. The first-order valence-corrected chi connectivity index (χ1v) is 12.7. The van der Waals surface area contributed by atoms with Crippen LogP contribution in [0.15, 0.2) is 46.6 Å². The van der Waals surface area contributed by atoms with Gasteiger partial charge in [0.05, 0.1) is 0 Å². The van der Waals surface area contributed by atoms with Gasteiger partial charge in [-0.15, -0.1) is 0 Å². The molecule has 0 heterocycles. The van der Waals surface area contributed by atoms with E-state index in [9.17, 15) is 4.79 Å². The van der Waals surface area contributed by atoms with Gasteiger partial charge < -0.3 is 0 Å². The lowest BCUT2D eigenvalue weighted by atomic mass is 9.59. The van der Waals surface area contributed by atoms with E-state index >= 15 is 0 Å². The molecule has 1 nitrogen and oxygen atoms in total. The molecule has 1 saturated carbocycles. The highest BCUT2D eigenvalue weighted by atomic mass is 16.1. The molecule has 1 fully saturated rings. The van der Waals surface area contributed by atoms with E-state index in [2.05, 4.69) is 79.7 Å². The molecular weight excluding hydrogens is 376 g/mol. The van der Waals surface area contributed by atoms with E-state index in [-0.39, 0.29) is 11.3 Å². The van der Waals surface area contributed by atoms with E-state index in [4.69, 9.17) is 0 Å². The van der Waals surface area contributed by atoms with E-state index in [1.165, 1.54) is 41.6 Å². The Balaban J connectivity index is 2.35. The van der Waals surface area contributed by atoms with Gasteiger partial charge in [0.15, 0.2) is 0 Å². The summed E-state index contributed by atoms with van der Waals surface area (Å²) in [6, 6.07) is 0. The van der Waals surface area contributed by atoms with Crippen LogP contribution < -0.4 is 0 Å². The first-order valence-electron chi connectivity index (χ1n) is 12.7. The minimum atomic E-state index is 0.165. The summed E-state index contributed by atoms with van der Waals surface area (Å²) >= 11 is 0. The lowest BCUT2D eigenvalue weighted by molar-refractivity contribution is -0.132. The molecule has 0 aliphatic heterocycles. The predicted molar refractivity (Wildman–Crippen MR) is 138 cm³/mol. The number of carbonyl (C=O) groups excluding carboxylic acids is 1. The molecule has 0 N–H and O–H groups in total. The molecule has 0 saturated heterocycles. The molecule has 1 aliphatic rings.